The van der Waals surface area contributed by atoms with Crippen LogP contribution in [0.1, 0.15) is 48.5 Å². The lowest BCUT2D eigenvalue weighted by atomic mass is 10.0. The Kier molecular flexibility index (Phi) is 4.45. The lowest BCUT2D eigenvalue weighted by Crippen LogP contribution is -2.20. The molecular formula is C15H20N2O4. The van der Waals surface area contributed by atoms with Gasteiger partial charge in [-0.3, -0.25) is 10.1 Å². The fourth-order valence-corrected chi connectivity index (χ4v) is 2.47. The van der Waals surface area contributed by atoms with Gasteiger partial charge in [-0.25, -0.2) is 4.79 Å². The standard InChI is InChI=1S/C15H20N2O4/c1-3-12(6-10-4-5-10)16-13-7-11(15(18)19)8-14(9(13)2)17(20)21/h7-8,10,12,16H,3-6H2,1-2H3,(H,18,19). The molecule has 0 heterocycles. The van der Waals surface area contributed by atoms with Gasteiger partial charge >= 0.3 is 5.97 Å². The van der Waals surface area contributed by atoms with Gasteiger partial charge in [0.1, 0.15) is 0 Å². The van der Waals surface area contributed by atoms with Crippen molar-refractivity contribution in [2.24, 2.45) is 5.92 Å². The molecule has 6 nitrogen and oxygen atoms in total. The van der Waals surface area contributed by atoms with E-state index in [0.29, 0.717) is 11.3 Å². The number of hydrogen-bond acceptors (Lipinski definition) is 4. The molecule has 1 aromatic rings. The summed E-state index contributed by atoms with van der Waals surface area (Å²) in [5.41, 5.74) is 0.822. The van der Waals surface area contributed by atoms with Crippen molar-refractivity contribution in [1.82, 2.24) is 0 Å². The molecule has 114 valence electrons. The van der Waals surface area contributed by atoms with Crippen molar-refractivity contribution in [3.8, 4) is 0 Å². The summed E-state index contributed by atoms with van der Waals surface area (Å²) < 4.78 is 0. The van der Waals surface area contributed by atoms with Crippen molar-refractivity contribution in [1.29, 1.82) is 0 Å². The Hall–Kier alpha value is -2.11. The Balaban J connectivity index is 2.31. The number of carbonyl (C=O) groups is 1. The quantitative estimate of drug-likeness (QED) is 0.591. The Morgan fingerprint density at radius 3 is 2.67 bits per heavy atom. The number of rotatable bonds is 7. The normalized spacial score (nSPS) is 15.5. The summed E-state index contributed by atoms with van der Waals surface area (Å²) in [6, 6.07) is 2.82. The zero-order valence-corrected chi connectivity index (χ0v) is 12.3. The van der Waals surface area contributed by atoms with Crippen molar-refractivity contribution in [3.05, 3.63) is 33.4 Å². The molecule has 1 atom stereocenters. The van der Waals surface area contributed by atoms with Crippen LogP contribution in [-0.2, 0) is 0 Å². The Bertz CT molecular complexity index is 567. The third-order valence-corrected chi connectivity index (χ3v) is 3.99. The second-order valence-electron chi connectivity index (χ2n) is 5.66. The Morgan fingerprint density at radius 1 is 1.52 bits per heavy atom. The predicted molar refractivity (Wildman–Crippen MR) is 79.8 cm³/mol. The fourth-order valence-electron chi connectivity index (χ4n) is 2.47. The van der Waals surface area contributed by atoms with Crippen LogP contribution in [0, 0.1) is 23.0 Å². The molecule has 1 unspecified atom stereocenters. The average molecular weight is 292 g/mol. The van der Waals surface area contributed by atoms with Gasteiger partial charge in [0.2, 0.25) is 0 Å². The van der Waals surface area contributed by atoms with E-state index < -0.39 is 10.9 Å². The van der Waals surface area contributed by atoms with Gasteiger partial charge in [-0.1, -0.05) is 19.8 Å². The number of nitrogens with zero attached hydrogens (tertiary/aromatic N) is 1. The number of carboxylic acid groups (broad SMARTS) is 1. The number of anilines is 1. The first-order valence-corrected chi connectivity index (χ1v) is 7.21. The summed E-state index contributed by atoms with van der Waals surface area (Å²) in [6.45, 7) is 3.71. The SMILES string of the molecule is CCC(CC1CC1)Nc1cc(C(=O)O)cc([N+](=O)[O-])c1C. The van der Waals surface area contributed by atoms with Gasteiger partial charge in [0.25, 0.3) is 5.69 Å². The van der Waals surface area contributed by atoms with Crippen LogP contribution in [0.2, 0.25) is 0 Å². The molecule has 1 aliphatic carbocycles. The lowest BCUT2D eigenvalue weighted by molar-refractivity contribution is -0.385. The lowest BCUT2D eigenvalue weighted by Gasteiger charge is -2.20. The van der Waals surface area contributed by atoms with E-state index in [2.05, 4.69) is 12.2 Å². The van der Waals surface area contributed by atoms with E-state index in [-0.39, 0.29) is 17.3 Å². The molecule has 0 amide bonds. The summed E-state index contributed by atoms with van der Waals surface area (Å²) in [6.07, 6.45) is 4.42. The third-order valence-electron chi connectivity index (χ3n) is 3.99. The summed E-state index contributed by atoms with van der Waals surface area (Å²) in [7, 11) is 0. The average Bonchev–Trinajstić information content (AvgIpc) is 3.23. The predicted octanol–water partition coefficient (Wildman–Crippen LogP) is 3.59. The highest BCUT2D eigenvalue weighted by Crippen LogP contribution is 2.36. The van der Waals surface area contributed by atoms with Crippen molar-refractivity contribution in [2.45, 2.75) is 45.6 Å². The Labute approximate surface area is 123 Å². The van der Waals surface area contributed by atoms with Gasteiger partial charge in [0.15, 0.2) is 0 Å². The first-order valence-electron chi connectivity index (χ1n) is 7.21. The molecule has 0 aliphatic heterocycles. The maximum atomic E-state index is 11.1. The molecule has 1 fully saturated rings. The number of aromatic carboxylic acids is 1. The first kappa shape index (κ1) is 15.3. The molecule has 6 heteroatoms. The largest absolute Gasteiger partial charge is 0.478 e. The molecule has 0 saturated heterocycles. The molecule has 1 aromatic carbocycles. The van der Waals surface area contributed by atoms with Gasteiger partial charge in [0.05, 0.1) is 10.5 Å². The van der Waals surface area contributed by atoms with Crippen LogP contribution in [0.3, 0.4) is 0 Å². The van der Waals surface area contributed by atoms with E-state index in [4.69, 9.17) is 5.11 Å². The number of nitro groups is 1. The van der Waals surface area contributed by atoms with E-state index in [1.54, 1.807) is 6.92 Å². The maximum absolute atomic E-state index is 11.1. The monoisotopic (exact) mass is 292 g/mol. The summed E-state index contributed by atoms with van der Waals surface area (Å²) in [4.78, 5) is 21.7. The van der Waals surface area contributed by atoms with Gasteiger partial charge in [0, 0.05) is 23.4 Å². The van der Waals surface area contributed by atoms with Crippen LogP contribution in [0.15, 0.2) is 12.1 Å². The fraction of sp³-hybridized carbons (Fsp3) is 0.533. The second-order valence-corrected chi connectivity index (χ2v) is 5.66. The van der Waals surface area contributed by atoms with E-state index in [1.807, 2.05) is 0 Å². The van der Waals surface area contributed by atoms with Gasteiger partial charge in [-0.2, -0.15) is 0 Å². The number of benzene rings is 1. The van der Waals surface area contributed by atoms with Crippen LogP contribution < -0.4 is 5.32 Å². The van der Waals surface area contributed by atoms with Crippen molar-refractivity contribution in [3.63, 3.8) is 0 Å². The molecule has 1 aliphatic rings. The number of carboxylic acids is 1. The molecule has 1 saturated carbocycles. The van der Waals surface area contributed by atoms with Crippen LogP contribution in [0.5, 0.6) is 0 Å². The summed E-state index contributed by atoms with van der Waals surface area (Å²) in [5.74, 6) is -0.420. The minimum absolute atomic E-state index is 0.0592. The number of hydrogen-bond donors (Lipinski definition) is 2. The van der Waals surface area contributed by atoms with Gasteiger partial charge < -0.3 is 10.4 Å². The zero-order valence-electron chi connectivity index (χ0n) is 12.3. The zero-order chi connectivity index (χ0) is 15.6. The van der Waals surface area contributed by atoms with E-state index >= 15 is 0 Å². The molecular weight excluding hydrogens is 272 g/mol. The summed E-state index contributed by atoms with van der Waals surface area (Å²) >= 11 is 0. The topological polar surface area (TPSA) is 92.5 Å². The van der Waals surface area contributed by atoms with E-state index in [9.17, 15) is 14.9 Å². The molecule has 2 N–H and O–H groups in total. The molecule has 0 radical (unpaired) electrons. The maximum Gasteiger partial charge on any atom is 0.336 e. The third kappa shape index (κ3) is 3.71. The van der Waals surface area contributed by atoms with Crippen LogP contribution in [0.25, 0.3) is 0 Å². The van der Waals surface area contributed by atoms with E-state index in [0.717, 1.165) is 24.8 Å². The molecule has 21 heavy (non-hydrogen) atoms. The second kappa shape index (κ2) is 6.11. The molecule has 0 spiro atoms. The minimum Gasteiger partial charge on any atom is -0.478 e. The number of nitrogens with one attached hydrogen (secondary N) is 1. The minimum atomic E-state index is -1.16. The van der Waals surface area contributed by atoms with Crippen LogP contribution >= 0.6 is 0 Å². The van der Waals surface area contributed by atoms with Gasteiger partial charge in [-0.15, -0.1) is 0 Å². The van der Waals surface area contributed by atoms with Crippen molar-refractivity contribution < 1.29 is 14.8 Å². The highest BCUT2D eigenvalue weighted by atomic mass is 16.6. The van der Waals surface area contributed by atoms with Crippen molar-refractivity contribution >= 4 is 17.3 Å². The van der Waals surface area contributed by atoms with Gasteiger partial charge in [-0.05, 0) is 31.7 Å². The van der Waals surface area contributed by atoms with Crippen LogP contribution in [-0.4, -0.2) is 22.0 Å². The molecule has 0 aromatic heterocycles. The molecule has 0 bridgehead atoms. The highest BCUT2D eigenvalue weighted by molar-refractivity contribution is 5.90. The highest BCUT2D eigenvalue weighted by Gasteiger charge is 2.26. The smallest absolute Gasteiger partial charge is 0.336 e. The Morgan fingerprint density at radius 2 is 2.19 bits per heavy atom. The first-order chi connectivity index (χ1) is 9.92. The van der Waals surface area contributed by atoms with Crippen molar-refractivity contribution in [2.75, 3.05) is 5.32 Å². The molecule has 2 rings (SSSR count). The van der Waals surface area contributed by atoms with Crippen LogP contribution in [0.4, 0.5) is 11.4 Å². The summed E-state index contributed by atoms with van der Waals surface area (Å²) in [5, 5.41) is 23.5. The van der Waals surface area contributed by atoms with E-state index in [1.165, 1.54) is 18.9 Å². The number of nitro benzene ring substituents is 1.